The van der Waals surface area contributed by atoms with Crippen molar-refractivity contribution in [1.29, 1.82) is 0 Å². The van der Waals surface area contributed by atoms with Crippen molar-refractivity contribution in [3.63, 3.8) is 0 Å². The number of halogens is 1. The van der Waals surface area contributed by atoms with Gasteiger partial charge in [-0.2, -0.15) is 0 Å². The van der Waals surface area contributed by atoms with Gasteiger partial charge < -0.3 is 11.1 Å². The van der Waals surface area contributed by atoms with Gasteiger partial charge in [-0.1, -0.05) is 29.3 Å². The molecule has 1 amide bonds. The molecular weight excluding hydrogens is 248 g/mol. The first-order chi connectivity index (χ1) is 7.88. The van der Waals surface area contributed by atoms with Gasteiger partial charge in [0.15, 0.2) is 0 Å². The van der Waals surface area contributed by atoms with Crippen LogP contribution in [0.3, 0.4) is 0 Å². The van der Waals surface area contributed by atoms with Crippen LogP contribution in [0.5, 0.6) is 0 Å². The Kier molecular flexibility index (Phi) is 6.96. The van der Waals surface area contributed by atoms with Gasteiger partial charge in [-0.05, 0) is 39.7 Å². The predicted molar refractivity (Wildman–Crippen MR) is 78.1 cm³/mol. The molecule has 0 saturated heterocycles. The lowest BCUT2D eigenvalue weighted by atomic mass is 10.0. The van der Waals surface area contributed by atoms with E-state index in [0.29, 0.717) is 0 Å². The highest BCUT2D eigenvalue weighted by molar-refractivity contribution is 5.85. The summed E-state index contributed by atoms with van der Waals surface area (Å²) in [5.41, 5.74) is 9.27. The molecule has 18 heavy (non-hydrogen) atoms. The summed E-state index contributed by atoms with van der Waals surface area (Å²) in [4.78, 5) is 11.4. The average Bonchev–Trinajstić information content (AvgIpc) is 2.14. The van der Waals surface area contributed by atoms with Crippen molar-refractivity contribution < 1.29 is 4.79 Å². The molecule has 1 aromatic carbocycles. The molecule has 1 rings (SSSR count). The second kappa shape index (κ2) is 7.39. The zero-order valence-electron chi connectivity index (χ0n) is 11.5. The molecule has 0 heterocycles. The maximum absolute atomic E-state index is 11.4. The fourth-order valence-corrected chi connectivity index (χ4v) is 1.97. The molecule has 0 aromatic heterocycles. The number of hydrogen-bond donors (Lipinski definition) is 2. The van der Waals surface area contributed by atoms with Crippen LogP contribution in [0, 0.1) is 13.8 Å². The van der Waals surface area contributed by atoms with Crippen LogP contribution in [0.1, 0.15) is 30.5 Å². The highest BCUT2D eigenvalue weighted by Crippen LogP contribution is 2.10. The summed E-state index contributed by atoms with van der Waals surface area (Å²) in [6.07, 6.45) is 0.834. The van der Waals surface area contributed by atoms with E-state index >= 15 is 0 Å². The molecule has 0 aliphatic heterocycles. The van der Waals surface area contributed by atoms with Crippen molar-refractivity contribution in [2.75, 3.05) is 0 Å². The Bertz CT molecular complexity index is 385. The Hall–Kier alpha value is -1.06. The van der Waals surface area contributed by atoms with Crippen LogP contribution in [0.25, 0.3) is 0 Å². The lowest BCUT2D eigenvalue weighted by Crippen LogP contribution is -2.43. The van der Waals surface area contributed by atoms with Crippen molar-refractivity contribution in [3.8, 4) is 0 Å². The van der Waals surface area contributed by atoms with E-state index in [1.165, 1.54) is 16.7 Å². The summed E-state index contributed by atoms with van der Waals surface area (Å²) >= 11 is 0. The second-order valence-corrected chi connectivity index (χ2v) is 4.90. The summed E-state index contributed by atoms with van der Waals surface area (Å²) in [5, 5.41) is 2.90. The van der Waals surface area contributed by atoms with Crippen molar-refractivity contribution in [2.24, 2.45) is 5.73 Å². The van der Waals surface area contributed by atoms with Gasteiger partial charge in [-0.25, -0.2) is 0 Å². The smallest absolute Gasteiger partial charge is 0.236 e. The monoisotopic (exact) mass is 270 g/mol. The van der Waals surface area contributed by atoms with Gasteiger partial charge in [-0.3, -0.25) is 4.79 Å². The Labute approximate surface area is 116 Å². The largest absolute Gasteiger partial charge is 0.352 e. The van der Waals surface area contributed by atoms with Gasteiger partial charge in [0.05, 0.1) is 6.04 Å². The average molecular weight is 271 g/mol. The lowest BCUT2D eigenvalue weighted by Gasteiger charge is -2.16. The second-order valence-electron chi connectivity index (χ2n) is 4.90. The SMILES string of the molecule is Cc1cc(C)cc(CC(C)NC(=O)[C@H](C)N)c1.Cl. The fourth-order valence-electron chi connectivity index (χ4n) is 1.97. The first-order valence-electron chi connectivity index (χ1n) is 6.01. The van der Waals surface area contributed by atoms with Crippen LogP contribution < -0.4 is 11.1 Å². The Balaban J connectivity index is 0.00000289. The standard InChI is InChI=1S/C14H22N2O.ClH/c1-9-5-10(2)7-13(6-9)8-11(3)16-14(17)12(4)15;/h5-7,11-12H,8,15H2,1-4H3,(H,16,17);1H/t11?,12-;/m0./s1. The molecule has 3 nitrogen and oxygen atoms in total. The van der Waals surface area contributed by atoms with Crippen LogP contribution >= 0.6 is 12.4 Å². The van der Waals surface area contributed by atoms with Crippen LogP contribution in [0.2, 0.25) is 0 Å². The molecule has 0 aliphatic rings. The molecule has 1 unspecified atom stereocenters. The minimum atomic E-state index is -0.448. The summed E-state index contributed by atoms with van der Waals surface area (Å²) in [6.45, 7) is 7.86. The van der Waals surface area contributed by atoms with E-state index in [4.69, 9.17) is 5.73 Å². The Morgan fingerprint density at radius 3 is 2.17 bits per heavy atom. The first kappa shape index (κ1) is 16.9. The maximum Gasteiger partial charge on any atom is 0.236 e. The minimum Gasteiger partial charge on any atom is -0.352 e. The van der Waals surface area contributed by atoms with Crippen molar-refractivity contribution in [1.82, 2.24) is 5.32 Å². The first-order valence-corrected chi connectivity index (χ1v) is 6.01. The fraction of sp³-hybridized carbons (Fsp3) is 0.500. The molecule has 0 radical (unpaired) electrons. The Morgan fingerprint density at radius 2 is 1.72 bits per heavy atom. The van der Waals surface area contributed by atoms with E-state index in [9.17, 15) is 4.79 Å². The van der Waals surface area contributed by atoms with Crippen LogP contribution in [-0.4, -0.2) is 18.0 Å². The number of carbonyl (C=O) groups excluding carboxylic acids is 1. The van der Waals surface area contributed by atoms with E-state index in [1.807, 2.05) is 6.92 Å². The molecule has 1 aromatic rings. The van der Waals surface area contributed by atoms with Gasteiger partial charge in [0.2, 0.25) is 5.91 Å². The molecule has 0 spiro atoms. The number of rotatable bonds is 4. The molecule has 2 atom stereocenters. The topological polar surface area (TPSA) is 55.1 Å². The number of nitrogens with two attached hydrogens (primary N) is 1. The molecular formula is C14H23ClN2O. The summed E-state index contributed by atoms with van der Waals surface area (Å²) < 4.78 is 0. The number of aryl methyl sites for hydroxylation is 2. The van der Waals surface area contributed by atoms with E-state index in [1.54, 1.807) is 6.92 Å². The van der Waals surface area contributed by atoms with Crippen molar-refractivity contribution in [2.45, 2.75) is 46.2 Å². The van der Waals surface area contributed by atoms with Gasteiger partial charge in [0.1, 0.15) is 0 Å². The van der Waals surface area contributed by atoms with E-state index in [2.05, 4.69) is 37.4 Å². The molecule has 0 saturated carbocycles. The number of nitrogens with one attached hydrogen (secondary N) is 1. The summed E-state index contributed by atoms with van der Waals surface area (Å²) in [6, 6.07) is 6.11. The molecule has 102 valence electrons. The third-order valence-electron chi connectivity index (χ3n) is 2.63. The highest BCUT2D eigenvalue weighted by Gasteiger charge is 2.11. The highest BCUT2D eigenvalue weighted by atomic mass is 35.5. The third-order valence-corrected chi connectivity index (χ3v) is 2.63. The zero-order chi connectivity index (χ0) is 13.0. The van der Waals surface area contributed by atoms with Crippen LogP contribution in [0.15, 0.2) is 18.2 Å². The maximum atomic E-state index is 11.4. The molecule has 0 fully saturated rings. The molecule has 0 aliphatic carbocycles. The normalized spacial score (nSPS) is 13.4. The van der Waals surface area contributed by atoms with Crippen LogP contribution in [0.4, 0.5) is 0 Å². The number of benzene rings is 1. The van der Waals surface area contributed by atoms with Crippen molar-refractivity contribution in [3.05, 3.63) is 34.9 Å². The van der Waals surface area contributed by atoms with Crippen LogP contribution in [-0.2, 0) is 11.2 Å². The van der Waals surface area contributed by atoms with Gasteiger partial charge >= 0.3 is 0 Å². The van der Waals surface area contributed by atoms with Gasteiger partial charge in [0.25, 0.3) is 0 Å². The summed E-state index contributed by atoms with van der Waals surface area (Å²) in [7, 11) is 0. The zero-order valence-corrected chi connectivity index (χ0v) is 12.3. The minimum absolute atomic E-state index is 0. The quantitative estimate of drug-likeness (QED) is 0.881. The molecule has 4 heteroatoms. The number of hydrogen-bond acceptors (Lipinski definition) is 2. The van der Waals surface area contributed by atoms with E-state index in [-0.39, 0.29) is 24.4 Å². The summed E-state index contributed by atoms with van der Waals surface area (Å²) in [5.74, 6) is -0.0955. The number of carbonyl (C=O) groups is 1. The number of amides is 1. The van der Waals surface area contributed by atoms with E-state index < -0.39 is 6.04 Å². The van der Waals surface area contributed by atoms with Gasteiger partial charge in [-0.15, -0.1) is 12.4 Å². The third kappa shape index (κ3) is 5.52. The molecule has 3 N–H and O–H groups in total. The van der Waals surface area contributed by atoms with Crippen molar-refractivity contribution >= 4 is 18.3 Å². The predicted octanol–water partition coefficient (Wildman–Crippen LogP) is 2.12. The molecule has 0 bridgehead atoms. The van der Waals surface area contributed by atoms with Gasteiger partial charge in [0, 0.05) is 6.04 Å². The lowest BCUT2D eigenvalue weighted by molar-refractivity contribution is -0.122. The Morgan fingerprint density at radius 1 is 1.22 bits per heavy atom. The van der Waals surface area contributed by atoms with E-state index in [0.717, 1.165) is 6.42 Å².